The molecule has 1 heterocycles. The van der Waals surface area contributed by atoms with Crippen molar-refractivity contribution in [2.75, 3.05) is 0 Å². The first-order chi connectivity index (χ1) is 9.97. The Morgan fingerprint density at radius 2 is 1.71 bits per heavy atom. The lowest BCUT2D eigenvalue weighted by Gasteiger charge is -2.09. The number of carbonyl (C=O) groups is 2. The largest absolute Gasteiger partial charge is 0.368 e. The van der Waals surface area contributed by atoms with E-state index in [-0.39, 0.29) is 5.16 Å². The van der Waals surface area contributed by atoms with E-state index in [1.165, 1.54) is 0 Å². The van der Waals surface area contributed by atoms with E-state index < -0.39 is 17.1 Å². The molecule has 2 rings (SSSR count). The number of hydrogen-bond donors (Lipinski definition) is 2. The van der Waals surface area contributed by atoms with Crippen LogP contribution in [-0.2, 0) is 9.59 Å². The molecule has 0 saturated carbocycles. The molecule has 2 amide bonds. The van der Waals surface area contributed by atoms with Gasteiger partial charge in [0.1, 0.15) is 0 Å². The number of nitrogens with two attached hydrogens (primary N) is 2. The van der Waals surface area contributed by atoms with Gasteiger partial charge in [-0.05, 0) is 13.0 Å². The Hall–Kier alpha value is -2.41. The molecule has 0 aliphatic heterocycles. The lowest BCUT2D eigenvalue weighted by Crippen LogP contribution is -2.37. The van der Waals surface area contributed by atoms with Gasteiger partial charge in [-0.15, -0.1) is 0 Å². The third kappa shape index (κ3) is 3.79. The van der Waals surface area contributed by atoms with Crippen LogP contribution in [0, 0.1) is 6.92 Å². The summed E-state index contributed by atoms with van der Waals surface area (Å²) in [5.74, 6) is -1.61. The summed E-state index contributed by atoms with van der Waals surface area (Å²) in [6.45, 7) is 1.81. The summed E-state index contributed by atoms with van der Waals surface area (Å²) in [6.07, 6.45) is 0. The van der Waals surface area contributed by atoms with E-state index in [2.05, 4.69) is 9.97 Å². The normalized spacial score (nSPS) is 10.6. The van der Waals surface area contributed by atoms with Crippen LogP contribution >= 0.6 is 11.8 Å². The molecule has 0 aliphatic carbocycles. The van der Waals surface area contributed by atoms with Crippen molar-refractivity contribution in [2.45, 2.75) is 17.3 Å². The molecule has 0 fully saturated rings. The maximum atomic E-state index is 11.2. The molecular formula is C14H14N4O2S. The maximum Gasteiger partial charge on any atom is 0.240 e. The predicted octanol–water partition coefficient (Wildman–Crippen LogP) is 0.883. The topological polar surface area (TPSA) is 112 Å². The fourth-order valence-corrected chi connectivity index (χ4v) is 2.50. The zero-order chi connectivity index (χ0) is 15.4. The number of aromatic nitrogens is 2. The van der Waals surface area contributed by atoms with Gasteiger partial charge in [-0.3, -0.25) is 9.59 Å². The Kier molecular flexibility index (Phi) is 4.54. The van der Waals surface area contributed by atoms with Crippen LogP contribution in [0.25, 0.3) is 11.3 Å². The molecule has 0 aliphatic rings. The number of thioether (sulfide) groups is 1. The van der Waals surface area contributed by atoms with E-state index in [1.807, 2.05) is 43.3 Å². The van der Waals surface area contributed by atoms with Gasteiger partial charge < -0.3 is 11.5 Å². The van der Waals surface area contributed by atoms with Crippen molar-refractivity contribution in [3.05, 3.63) is 42.1 Å². The molecule has 0 saturated heterocycles. The van der Waals surface area contributed by atoms with Gasteiger partial charge in [0, 0.05) is 11.3 Å². The molecule has 0 bridgehead atoms. The zero-order valence-corrected chi connectivity index (χ0v) is 12.1. The van der Waals surface area contributed by atoms with Crippen LogP contribution in [-0.4, -0.2) is 27.0 Å². The third-order valence-corrected chi connectivity index (χ3v) is 3.74. The number of carbonyl (C=O) groups excluding carboxylic acids is 2. The first-order valence-corrected chi connectivity index (χ1v) is 7.01. The molecule has 0 atom stereocenters. The van der Waals surface area contributed by atoms with Crippen molar-refractivity contribution in [1.29, 1.82) is 0 Å². The number of primary amides is 2. The van der Waals surface area contributed by atoms with Crippen LogP contribution in [0.15, 0.2) is 41.6 Å². The average molecular weight is 302 g/mol. The fourth-order valence-electron chi connectivity index (χ4n) is 1.71. The van der Waals surface area contributed by atoms with E-state index in [4.69, 9.17) is 11.5 Å². The number of nitrogens with zero attached hydrogens (tertiary/aromatic N) is 2. The average Bonchev–Trinajstić information content (AvgIpc) is 2.44. The third-order valence-electron chi connectivity index (χ3n) is 2.64. The van der Waals surface area contributed by atoms with Gasteiger partial charge in [0.25, 0.3) is 0 Å². The lowest BCUT2D eigenvalue weighted by atomic mass is 10.1. The van der Waals surface area contributed by atoms with Crippen molar-refractivity contribution >= 4 is 23.6 Å². The highest BCUT2D eigenvalue weighted by molar-refractivity contribution is 8.01. The molecule has 0 unspecified atom stereocenters. The number of hydrogen-bond acceptors (Lipinski definition) is 5. The highest BCUT2D eigenvalue weighted by Gasteiger charge is 2.24. The Bertz CT molecular complexity index is 662. The van der Waals surface area contributed by atoms with Crippen molar-refractivity contribution in [2.24, 2.45) is 11.5 Å². The van der Waals surface area contributed by atoms with Gasteiger partial charge in [-0.25, -0.2) is 9.97 Å². The van der Waals surface area contributed by atoms with Crippen LogP contribution in [0.5, 0.6) is 0 Å². The standard InChI is InChI=1S/C14H14N4O2S/c1-8-7-10(9-5-3-2-4-6-9)18-14(17-8)21-11(12(15)19)13(16)20/h2-7,11H,1H3,(H2,15,19)(H2,16,20). The Balaban J connectivity index is 2.35. The van der Waals surface area contributed by atoms with Crippen LogP contribution in [0.4, 0.5) is 0 Å². The van der Waals surface area contributed by atoms with Crippen molar-refractivity contribution in [3.8, 4) is 11.3 Å². The smallest absolute Gasteiger partial charge is 0.240 e. The molecule has 6 nitrogen and oxygen atoms in total. The lowest BCUT2D eigenvalue weighted by molar-refractivity contribution is -0.125. The number of benzene rings is 1. The Labute approximate surface area is 126 Å². The van der Waals surface area contributed by atoms with Gasteiger partial charge in [0.15, 0.2) is 10.4 Å². The maximum absolute atomic E-state index is 11.2. The SMILES string of the molecule is Cc1cc(-c2ccccc2)nc(SC(C(N)=O)C(N)=O)n1. The van der Waals surface area contributed by atoms with E-state index in [1.54, 1.807) is 0 Å². The van der Waals surface area contributed by atoms with Crippen LogP contribution in [0.3, 0.4) is 0 Å². The number of rotatable bonds is 5. The minimum Gasteiger partial charge on any atom is -0.368 e. The highest BCUT2D eigenvalue weighted by Crippen LogP contribution is 2.24. The van der Waals surface area contributed by atoms with Crippen molar-refractivity contribution in [3.63, 3.8) is 0 Å². The first kappa shape index (κ1) is 15.0. The molecule has 4 N–H and O–H groups in total. The quantitative estimate of drug-likeness (QED) is 0.484. The van der Waals surface area contributed by atoms with Crippen LogP contribution in [0.2, 0.25) is 0 Å². The summed E-state index contributed by atoms with van der Waals surface area (Å²) in [7, 11) is 0. The fraction of sp³-hybridized carbons (Fsp3) is 0.143. The monoisotopic (exact) mass is 302 g/mol. The summed E-state index contributed by atoms with van der Waals surface area (Å²) in [4.78, 5) is 31.0. The van der Waals surface area contributed by atoms with Crippen LogP contribution < -0.4 is 11.5 Å². The van der Waals surface area contributed by atoms with Gasteiger partial charge in [0.05, 0.1) is 5.69 Å². The molecule has 1 aromatic carbocycles. The van der Waals surface area contributed by atoms with Gasteiger partial charge in [-0.2, -0.15) is 0 Å². The van der Waals surface area contributed by atoms with Crippen molar-refractivity contribution in [1.82, 2.24) is 9.97 Å². The van der Waals surface area contributed by atoms with Gasteiger partial charge >= 0.3 is 0 Å². The van der Waals surface area contributed by atoms with Crippen molar-refractivity contribution < 1.29 is 9.59 Å². The van der Waals surface area contributed by atoms with Gasteiger partial charge in [-0.1, -0.05) is 42.1 Å². The number of aryl methyl sites for hydroxylation is 1. The summed E-state index contributed by atoms with van der Waals surface area (Å²) >= 11 is 0.857. The van der Waals surface area contributed by atoms with E-state index in [9.17, 15) is 9.59 Å². The molecule has 7 heteroatoms. The van der Waals surface area contributed by atoms with Gasteiger partial charge in [0.2, 0.25) is 11.8 Å². The van der Waals surface area contributed by atoms with Crippen LogP contribution in [0.1, 0.15) is 5.69 Å². The Morgan fingerprint density at radius 3 is 2.29 bits per heavy atom. The highest BCUT2D eigenvalue weighted by atomic mass is 32.2. The summed E-state index contributed by atoms with van der Waals surface area (Å²) in [5, 5.41) is -0.896. The molecule has 108 valence electrons. The second-order valence-corrected chi connectivity index (χ2v) is 5.42. The van der Waals surface area contributed by atoms with E-state index in [0.29, 0.717) is 5.69 Å². The Morgan fingerprint density at radius 1 is 1.10 bits per heavy atom. The first-order valence-electron chi connectivity index (χ1n) is 6.14. The van der Waals surface area contributed by atoms with E-state index in [0.717, 1.165) is 23.0 Å². The minimum absolute atomic E-state index is 0.288. The molecule has 0 radical (unpaired) electrons. The second kappa shape index (κ2) is 6.36. The molecular weight excluding hydrogens is 288 g/mol. The molecule has 2 aromatic rings. The molecule has 21 heavy (non-hydrogen) atoms. The second-order valence-electron chi connectivity index (χ2n) is 4.35. The summed E-state index contributed by atoms with van der Waals surface area (Å²) in [5.41, 5.74) is 12.7. The summed E-state index contributed by atoms with van der Waals surface area (Å²) in [6, 6.07) is 11.3. The zero-order valence-electron chi connectivity index (χ0n) is 11.3. The molecule has 0 spiro atoms. The van der Waals surface area contributed by atoms with E-state index >= 15 is 0 Å². The summed E-state index contributed by atoms with van der Waals surface area (Å²) < 4.78 is 0. The molecule has 1 aromatic heterocycles. The minimum atomic E-state index is -1.18. The predicted molar refractivity (Wildman–Crippen MR) is 80.2 cm³/mol. The number of amides is 2.